The Morgan fingerprint density at radius 2 is 2.25 bits per heavy atom. The maximum absolute atomic E-state index is 5.41. The van der Waals surface area contributed by atoms with E-state index in [2.05, 4.69) is 29.8 Å². The molecule has 1 aliphatic rings. The van der Waals surface area contributed by atoms with Crippen molar-refractivity contribution in [3.8, 4) is 0 Å². The van der Waals surface area contributed by atoms with Crippen LogP contribution < -0.4 is 0 Å². The molecule has 0 aromatic carbocycles. The molecule has 1 rings (SSSR count). The molecular formula is C6H11BrO. The molecule has 1 atom stereocenters. The van der Waals surface area contributed by atoms with Crippen molar-refractivity contribution >= 4 is 15.9 Å². The molecule has 0 saturated carbocycles. The highest BCUT2D eigenvalue weighted by atomic mass is 79.9. The number of halogens is 1. The van der Waals surface area contributed by atoms with E-state index in [1.807, 2.05) is 0 Å². The van der Waals surface area contributed by atoms with E-state index in [4.69, 9.17) is 4.74 Å². The fourth-order valence-corrected chi connectivity index (χ4v) is 1.18. The molecule has 0 aliphatic carbocycles. The smallest absolute Gasteiger partial charge is 0.0751 e. The van der Waals surface area contributed by atoms with E-state index < -0.39 is 0 Å². The highest BCUT2D eigenvalue weighted by Gasteiger charge is 2.33. The SMILES string of the molecule is CC1(C)OCCC1Br. The third-order valence-electron chi connectivity index (χ3n) is 1.60. The van der Waals surface area contributed by atoms with Gasteiger partial charge in [-0.3, -0.25) is 0 Å². The summed E-state index contributed by atoms with van der Waals surface area (Å²) >= 11 is 3.53. The standard InChI is InChI=1S/C6H11BrO/c1-6(2)5(7)3-4-8-6/h5H,3-4H2,1-2H3. The Kier molecular flexibility index (Phi) is 1.63. The van der Waals surface area contributed by atoms with Crippen molar-refractivity contribution in [1.82, 2.24) is 0 Å². The first-order valence-electron chi connectivity index (χ1n) is 2.91. The Labute approximate surface area is 58.5 Å². The summed E-state index contributed by atoms with van der Waals surface area (Å²) in [5, 5.41) is 0. The number of ether oxygens (including phenoxy) is 1. The first-order valence-corrected chi connectivity index (χ1v) is 3.82. The lowest BCUT2D eigenvalue weighted by molar-refractivity contribution is 0.0402. The molecule has 1 aliphatic heterocycles. The number of hydrogen-bond acceptors (Lipinski definition) is 1. The minimum atomic E-state index is 0.0694. The predicted octanol–water partition coefficient (Wildman–Crippen LogP) is 1.95. The fraction of sp³-hybridized carbons (Fsp3) is 1.00. The van der Waals surface area contributed by atoms with Crippen molar-refractivity contribution in [2.45, 2.75) is 30.7 Å². The minimum absolute atomic E-state index is 0.0694. The van der Waals surface area contributed by atoms with Gasteiger partial charge in [-0.25, -0.2) is 0 Å². The molecule has 0 bridgehead atoms. The Morgan fingerprint density at radius 3 is 2.38 bits per heavy atom. The van der Waals surface area contributed by atoms with Crippen LogP contribution >= 0.6 is 15.9 Å². The van der Waals surface area contributed by atoms with Gasteiger partial charge >= 0.3 is 0 Å². The van der Waals surface area contributed by atoms with Gasteiger partial charge in [0, 0.05) is 11.4 Å². The zero-order chi connectivity index (χ0) is 6.20. The lowest BCUT2D eigenvalue weighted by Crippen LogP contribution is -2.26. The molecule has 0 aromatic rings. The van der Waals surface area contributed by atoms with E-state index >= 15 is 0 Å². The molecule has 2 heteroatoms. The van der Waals surface area contributed by atoms with Crippen molar-refractivity contribution in [2.24, 2.45) is 0 Å². The fourth-order valence-electron chi connectivity index (χ4n) is 0.863. The topological polar surface area (TPSA) is 9.23 Å². The van der Waals surface area contributed by atoms with E-state index in [-0.39, 0.29) is 5.60 Å². The Bertz CT molecular complexity index is 90.5. The zero-order valence-electron chi connectivity index (χ0n) is 5.28. The van der Waals surface area contributed by atoms with E-state index in [0.717, 1.165) is 13.0 Å². The summed E-state index contributed by atoms with van der Waals surface area (Å²) in [5.41, 5.74) is 0.0694. The minimum Gasteiger partial charge on any atom is -0.374 e. The van der Waals surface area contributed by atoms with Gasteiger partial charge in [-0.05, 0) is 20.3 Å². The summed E-state index contributed by atoms with van der Waals surface area (Å²) in [6, 6.07) is 0. The van der Waals surface area contributed by atoms with Gasteiger partial charge in [-0.15, -0.1) is 0 Å². The summed E-state index contributed by atoms with van der Waals surface area (Å²) < 4.78 is 5.41. The van der Waals surface area contributed by atoms with Gasteiger partial charge in [0.1, 0.15) is 0 Å². The monoisotopic (exact) mass is 178 g/mol. The van der Waals surface area contributed by atoms with E-state index in [0.29, 0.717) is 4.83 Å². The molecule has 0 radical (unpaired) electrons. The van der Waals surface area contributed by atoms with E-state index in [1.165, 1.54) is 0 Å². The third kappa shape index (κ3) is 1.06. The molecule has 1 unspecified atom stereocenters. The van der Waals surface area contributed by atoms with Crippen molar-refractivity contribution in [3.63, 3.8) is 0 Å². The summed E-state index contributed by atoms with van der Waals surface area (Å²) in [7, 11) is 0. The quantitative estimate of drug-likeness (QED) is 0.516. The first kappa shape index (κ1) is 6.56. The molecule has 0 spiro atoms. The van der Waals surface area contributed by atoms with Crippen molar-refractivity contribution < 1.29 is 4.74 Å². The molecule has 48 valence electrons. The Balaban J connectivity index is 2.54. The average molecular weight is 179 g/mol. The maximum Gasteiger partial charge on any atom is 0.0751 e. The van der Waals surface area contributed by atoms with Gasteiger partial charge in [-0.2, -0.15) is 0 Å². The lowest BCUT2D eigenvalue weighted by atomic mass is 10.1. The second kappa shape index (κ2) is 1.99. The van der Waals surface area contributed by atoms with Crippen molar-refractivity contribution in [3.05, 3.63) is 0 Å². The second-order valence-corrected chi connectivity index (χ2v) is 3.81. The molecule has 1 saturated heterocycles. The Morgan fingerprint density at radius 1 is 1.62 bits per heavy atom. The van der Waals surface area contributed by atoms with Gasteiger partial charge in [0.2, 0.25) is 0 Å². The predicted molar refractivity (Wildman–Crippen MR) is 37.4 cm³/mol. The average Bonchev–Trinajstić information content (AvgIpc) is 1.86. The molecule has 0 N–H and O–H groups in total. The van der Waals surface area contributed by atoms with Crippen molar-refractivity contribution in [2.75, 3.05) is 6.61 Å². The van der Waals surface area contributed by atoms with Crippen LogP contribution in [-0.2, 0) is 4.74 Å². The van der Waals surface area contributed by atoms with E-state index in [9.17, 15) is 0 Å². The summed E-state index contributed by atoms with van der Waals surface area (Å²) in [4.78, 5) is 0.551. The molecule has 0 amide bonds. The molecule has 1 fully saturated rings. The Hall–Kier alpha value is 0.440. The lowest BCUT2D eigenvalue weighted by Gasteiger charge is -2.20. The van der Waals surface area contributed by atoms with Crippen LogP contribution in [0.1, 0.15) is 20.3 Å². The molecular weight excluding hydrogens is 168 g/mol. The zero-order valence-corrected chi connectivity index (χ0v) is 6.86. The molecule has 1 heterocycles. The molecule has 1 nitrogen and oxygen atoms in total. The highest BCUT2D eigenvalue weighted by Crippen LogP contribution is 2.30. The second-order valence-electron chi connectivity index (χ2n) is 2.71. The van der Waals surface area contributed by atoms with Crippen LogP contribution in [0, 0.1) is 0 Å². The van der Waals surface area contributed by atoms with Crippen LogP contribution in [0.15, 0.2) is 0 Å². The number of hydrogen-bond donors (Lipinski definition) is 0. The van der Waals surface area contributed by atoms with Crippen LogP contribution in [-0.4, -0.2) is 17.0 Å². The van der Waals surface area contributed by atoms with Crippen LogP contribution in [0.5, 0.6) is 0 Å². The summed E-state index contributed by atoms with van der Waals surface area (Å²) in [6.07, 6.45) is 1.15. The van der Waals surface area contributed by atoms with Gasteiger partial charge in [0.05, 0.1) is 5.60 Å². The van der Waals surface area contributed by atoms with Gasteiger partial charge in [-0.1, -0.05) is 15.9 Å². The van der Waals surface area contributed by atoms with Crippen molar-refractivity contribution in [1.29, 1.82) is 0 Å². The van der Waals surface area contributed by atoms with Crippen LogP contribution in [0.3, 0.4) is 0 Å². The van der Waals surface area contributed by atoms with Crippen LogP contribution in [0.2, 0.25) is 0 Å². The largest absolute Gasteiger partial charge is 0.374 e. The van der Waals surface area contributed by atoms with Crippen LogP contribution in [0.25, 0.3) is 0 Å². The van der Waals surface area contributed by atoms with Gasteiger partial charge in [0.25, 0.3) is 0 Å². The van der Waals surface area contributed by atoms with Gasteiger partial charge in [0.15, 0.2) is 0 Å². The van der Waals surface area contributed by atoms with Crippen LogP contribution in [0.4, 0.5) is 0 Å². The highest BCUT2D eigenvalue weighted by molar-refractivity contribution is 9.09. The summed E-state index contributed by atoms with van der Waals surface area (Å²) in [6.45, 7) is 5.13. The number of alkyl halides is 1. The number of rotatable bonds is 0. The maximum atomic E-state index is 5.41. The third-order valence-corrected chi connectivity index (χ3v) is 3.16. The summed E-state index contributed by atoms with van der Waals surface area (Å²) in [5.74, 6) is 0. The molecule has 8 heavy (non-hydrogen) atoms. The van der Waals surface area contributed by atoms with Gasteiger partial charge < -0.3 is 4.74 Å². The normalized spacial score (nSPS) is 35.6. The first-order chi connectivity index (χ1) is 3.63. The van der Waals surface area contributed by atoms with E-state index in [1.54, 1.807) is 0 Å². The molecule has 0 aromatic heterocycles.